The van der Waals surface area contributed by atoms with Gasteiger partial charge in [0.1, 0.15) is 5.75 Å². The van der Waals surface area contributed by atoms with Gasteiger partial charge in [0.05, 0.1) is 22.7 Å². The van der Waals surface area contributed by atoms with E-state index in [-0.39, 0.29) is 12.2 Å². The van der Waals surface area contributed by atoms with Gasteiger partial charge in [-0.3, -0.25) is 4.79 Å². The molecule has 0 unspecified atom stereocenters. The van der Waals surface area contributed by atoms with Crippen LogP contribution < -0.4 is 4.74 Å². The van der Waals surface area contributed by atoms with Gasteiger partial charge in [0.25, 0.3) is 0 Å². The zero-order valence-electron chi connectivity index (χ0n) is 10.6. The van der Waals surface area contributed by atoms with Crippen molar-refractivity contribution in [1.82, 2.24) is 0 Å². The standard InChI is InChI=1S/C15H11BrCl2O2/c1-20-15-8-10(16)3-4-11(15)14(19)7-9-2-5-12(17)13(18)6-9/h2-6,8H,7H2,1H3. The van der Waals surface area contributed by atoms with Crippen molar-refractivity contribution in [2.24, 2.45) is 0 Å². The summed E-state index contributed by atoms with van der Waals surface area (Å²) < 4.78 is 6.09. The van der Waals surface area contributed by atoms with E-state index in [1.165, 1.54) is 7.11 Å². The van der Waals surface area contributed by atoms with Gasteiger partial charge in [0.2, 0.25) is 0 Å². The van der Waals surface area contributed by atoms with Crippen LogP contribution in [0, 0.1) is 0 Å². The fourth-order valence-corrected chi connectivity index (χ4v) is 2.49. The number of hydrogen-bond donors (Lipinski definition) is 0. The van der Waals surface area contributed by atoms with Crippen molar-refractivity contribution in [3.05, 3.63) is 62.0 Å². The van der Waals surface area contributed by atoms with Crippen molar-refractivity contribution in [1.29, 1.82) is 0 Å². The zero-order chi connectivity index (χ0) is 14.7. The molecular weight excluding hydrogens is 363 g/mol. The van der Waals surface area contributed by atoms with Gasteiger partial charge >= 0.3 is 0 Å². The lowest BCUT2D eigenvalue weighted by atomic mass is 10.0. The first-order chi connectivity index (χ1) is 9.51. The lowest BCUT2D eigenvalue weighted by Gasteiger charge is -2.08. The van der Waals surface area contributed by atoms with Gasteiger partial charge in [-0.05, 0) is 35.9 Å². The van der Waals surface area contributed by atoms with Crippen molar-refractivity contribution < 1.29 is 9.53 Å². The summed E-state index contributed by atoms with van der Waals surface area (Å²) in [6.45, 7) is 0. The third-order valence-corrected chi connectivity index (χ3v) is 4.04. The van der Waals surface area contributed by atoms with Crippen LogP contribution in [-0.2, 0) is 6.42 Å². The van der Waals surface area contributed by atoms with Gasteiger partial charge in [-0.2, -0.15) is 0 Å². The van der Waals surface area contributed by atoms with E-state index in [9.17, 15) is 4.79 Å². The second kappa shape index (κ2) is 6.61. The average molecular weight is 374 g/mol. The number of rotatable bonds is 4. The largest absolute Gasteiger partial charge is 0.496 e. The van der Waals surface area contributed by atoms with E-state index in [4.69, 9.17) is 27.9 Å². The Hall–Kier alpha value is -1.03. The third kappa shape index (κ3) is 3.54. The molecule has 0 saturated carbocycles. The van der Waals surface area contributed by atoms with Crippen molar-refractivity contribution >= 4 is 44.9 Å². The molecule has 5 heteroatoms. The van der Waals surface area contributed by atoms with Crippen LogP contribution in [0.4, 0.5) is 0 Å². The Balaban J connectivity index is 2.25. The molecule has 0 atom stereocenters. The molecular formula is C15H11BrCl2O2. The minimum absolute atomic E-state index is 0.0345. The van der Waals surface area contributed by atoms with Gasteiger partial charge < -0.3 is 4.74 Å². The van der Waals surface area contributed by atoms with Crippen LogP contribution in [0.2, 0.25) is 10.0 Å². The maximum absolute atomic E-state index is 12.3. The average Bonchev–Trinajstić information content (AvgIpc) is 2.42. The van der Waals surface area contributed by atoms with Gasteiger partial charge in [-0.15, -0.1) is 0 Å². The van der Waals surface area contributed by atoms with Crippen molar-refractivity contribution in [3.8, 4) is 5.75 Å². The molecule has 0 aliphatic carbocycles. The van der Waals surface area contributed by atoms with E-state index in [2.05, 4.69) is 15.9 Å². The van der Waals surface area contributed by atoms with E-state index in [1.807, 2.05) is 6.07 Å². The number of ether oxygens (including phenoxy) is 1. The van der Waals surface area contributed by atoms with E-state index in [1.54, 1.807) is 30.3 Å². The normalized spacial score (nSPS) is 10.4. The van der Waals surface area contributed by atoms with E-state index >= 15 is 0 Å². The number of ketones is 1. The summed E-state index contributed by atoms with van der Waals surface area (Å²) in [6, 6.07) is 10.5. The topological polar surface area (TPSA) is 26.3 Å². The van der Waals surface area contributed by atoms with Gasteiger partial charge in [-0.1, -0.05) is 45.2 Å². The highest BCUT2D eigenvalue weighted by molar-refractivity contribution is 9.10. The van der Waals surface area contributed by atoms with Crippen molar-refractivity contribution in [2.45, 2.75) is 6.42 Å². The van der Waals surface area contributed by atoms with Gasteiger partial charge in [-0.25, -0.2) is 0 Å². The molecule has 2 aromatic carbocycles. The number of methoxy groups -OCH3 is 1. The Morgan fingerprint density at radius 1 is 1.15 bits per heavy atom. The molecule has 0 heterocycles. The Morgan fingerprint density at radius 2 is 1.90 bits per heavy atom. The summed E-state index contributed by atoms with van der Waals surface area (Å²) in [7, 11) is 1.54. The van der Waals surface area contributed by atoms with Crippen LogP contribution in [0.1, 0.15) is 15.9 Å². The molecule has 0 saturated heterocycles. The van der Waals surface area contributed by atoms with Crippen LogP contribution >= 0.6 is 39.1 Å². The summed E-state index contributed by atoms with van der Waals surface area (Å²) in [6.07, 6.45) is 0.245. The van der Waals surface area contributed by atoms with Gasteiger partial charge in [0.15, 0.2) is 5.78 Å². The zero-order valence-corrected chi connectivity index (χ0v) is 13.7. The molecule has 0 bridgehead atoms. The van der Waals surface area contributed by atoms with Crippen molar-refractivity contribution in [2.75, 3.05) is 7.11 Å². The molecule has 0 aromatic heterocycles. The summed E-state index contributed by atoms with van der Waals surface area (Å²) >= 11 is 15.2. The van der Waals surface area contributed by atoms with E-state index in [0.29, 0.717) is 21.4 Å². The predicted molar refractivity (Wildman–Crippen MR) is 85.2 cm³/mol. The Morgan fingerprint density at radius 3 is 2.55 bits per heavy atom. The molecule has 0 spiro atoms. The second-order valence-corrected chi connectivity index (χ2v) is 5.92. The molecule has 104 valence electrons. The quantitative estimate of drug-likeness (QED) is 0.689. The smallest absolute Gasteiger partial charge is 0.170 e. The number of halogens is 3. The highest BCUT2D eigenvalue weighted by atomic mass is 79.9. The molecule has 0 amide bonds. The lowest BCUT2D eigenvalue weighted by Crippen LogP contribution is -2.05. The highest BCUT2D eigenvalue weighted by Gasteiger charge is 2.13. The first kappa shape index (κ1) is 15.4. The second-order valence-electron chi connectivity index (χ2n) is 4.19. The molecule has 2 aromatic rings. The molecule has 2 rings (SSSR count). The SMILES string of the molecule is COc1cc(Br)ccc1C(=O)Cc1ccc(Cl)c(Cl)c1. The first-order valence-corrected chi connectivity index (χ1v) is 7.37. The summed E-state index contributed by atoms with van der Waals surface area (Å²) in [5.74, 6) is 0.511. The number of hydrogen-bond acceptors (Lipinski definition) is 2. The summed E-state index contributed by atoms with van der Waals surface area (Å²) in [5, 5.41) is 0.920. The highest BCUT2D eigenvalue weighted by Crippen LogP contribution is 2.26. The lowest BCUT2D eigenvalue weighted by molar-refractivity contribution is 0.0990. The minimum atomic E-state index is -0.0345. The molecule has 0 radical (unpaired) electrons. The molecule has 0 N–H and O–H groups in total. The molecule has 0 aliphatic heterocycles. The monoisotopic (exact) mass is 372 g/mol. The third-order valence-electron chi connectivity index (χ3n) is 2.81. The Bertz CT molecular complexity index is 656. The van der Waals surface area contributed by atoms with Crippen LogP contribution in [-0.4, -0.2) is 12.9 Å². The molecule has 20 heavy (non-hydrogen) atoms. The Kier molecular flexibility index (Phi) is 5.08. The Labute approximate surface area is 135 Å². The molecule has 0 fully saturated rings. The van der Waals surface area contributed by atoms with E-state index in [0.717, 1.165) is 10.0 Å². The fraction of sp³-hybridized carbons (Fsp3) is 0.133. The van der Waals surface area contributed by atoms with Crippen LogP contribution in [0.15, 0.2) is 40.9 Å². The van der Waals surface area contributed by atoms with E-state index < -0.39 is 0 Å². The minimum Gasteiger partial charge on any atom is -0.496 e. The number of Topliss-reactive ketones (excluding diaryl/α,β-unsaturated/α-hetero) is 1. The number of carbonyl (C=O) groups excluding carboxylic acids is 1. The molecule has 2 nitrogen and oxygen atoms in total. The van der Waals surface area contributed by atoms with Crippen LogP contribution in [0.25, 0.3) is 0 Å². The first-order valence-electron chi connectivity index (χ1n) is 5.82. The number of benzene rings is 2. The summed E-state index contributed by atoms with van der Waals surface area (Å²) in [4.78, 5) is 12.3. The summed E-state index contributed by atoms with van der Waals surface area (Å²) in [5.41, 5.74) is 1.36. The maximum atomic E-state index is 12.3. The van der Waals surface area contributed by atoms with Crippen LogP contribution in [0.3, 0.4) is 0 Å². The predicted octanol–water partition coefficient (Wildman–Crippen LogP) is 5.19. The molecule has 0 aliphatic rings. The fourth-order valence-electron chi connectivity index (χ4n) is 1.83. The van der Waals surface area contributed by atoms with Gasteiger partial charge in [0, 0.05) is 10.9 Å². The maximum Gasteiger partial charge on any atom is 0.170 e. The number of carbonyl (C=O) groups is 1. The van der Waals surface area contributed by atoms with Crippen LogP contribution in [0.5, 0.6) is 5.75 Å². The van der Waals surface area contributed by atoms with Crippen molar-refractivity contribution in [3.63, 3.8) is 0 Å².